The van der Waals surface area contributed by atoms with Crippen LogP contribution in [0.4, 0.5) is 5.82 Å². The molecule has 0 unspecified atom stereocenters. The topological polar surface area (TPSA) is 65.2 Å². The number of halogens is 2. The zero-order valence-electron chi connectivity index (χ0n) is 7.38. The third kappa shape index (κ3) is 2.16. The molecule has 0 bridgehead atoms. The number of hydrogen-bond donors (Lipinski definition) is 1. The average Bonchev–Trinajstić information content (AvgIpc) is 2.13. The molecule has 0 aliphatic rings. The van der Waals surface area contributed by atoms with Crippen LogP contribution in [0.25, 0.3) is 0 Å². The molecular formula is C8H8BrClN2O2. The van der Waals surface area contributed by atoms with Crippen LogP contribution in [-0.2, 0) is 4.74 Å². The van der Waals surface area contributed by atoms with Gasteiger partial charge in [0.05, 0.1) is 16.1 Å². The van der Waals surface area contributed by atoms with Gasteiger partial charge in [0.1, 0.15) is 11.4 Å². The Morgan fingerprint density at radius 1 is 1.79 bits per heavy atom. The second-order valence-corrected chi connectivity index (χ2v) is 3.63. The summed E-state index contributed by atoms with van der Waals surface area (Å²) in [6.07, 6.45) is 1.43. The highest BCUT2D eigenvalue weighted by Gasteiger charge is 2.18. The number of aromatic nitrogens is 1. The monoisotopic (exact) mass is 278 g/mol. The summed E-state index contributed by atoms with van der Waals surface area (Å²) in [4.78, 5) is 15.2. The molecule has 4 nitrogen and oxygen atoms in total. The number of carbonyl (C=O) groups excluding carboxylic acids is 1. The average molecular weight is 280 g/mol. The number of esters is 1. The number of carbonyl (C=O) groups is 1. The van der Waals surface area contributed by atoms with Crippen molar-refractivity contribution < 1.29 is 9.53 Å². The molecule has 1 aromatic rings. The lowest BCUT2D eigenvalue weighted by Gasteiger charge is -2.07. The van der Waals surface area contributed by atoms with E-state index in [9.17, 15) is 4.79 Å². The van der Waals surface area contributed by atoms with Crippen molar-refractivity contribution in [1.82, 2.24) is 4.98 Å². The van der Waals surface area contributed by atoms with Crippen molar-refractivity contribution >= 4 is 39.3 Å². The van der Waals surface area contributed by atoms with Crippen LogP contribution in [0, 0.1) is 0 Å². The van der Waals surface area contributed by atoms with Gasteiger partial charge in [0, 0.05) is 6.20 Å². The molecular weight excluding hydrogens is 271 g/mol. The van der Waals surface area contributed by atoms with Gasteiger partial charge in [0.25, 0.3) is 0 Å². The second-order valence-electron chi connectivity index (χ2n) is 2.40. The molecule has 0 saturated carbocycles. The zero-order valence-corrected chi connectivity index (χ0v) is 9.72. The first-order chi connectivity index (χ1) is 6.57. The fourth-order valence-corrected chi connectivity index (χ4v) is 1.40. The van der Waals surface area contributed by atoms with E-state index in [0.717, 1.165) is 0 Å². The Bertz CT molecular complexity index is 371. The first kappa shape index (κ1) is 11.3. The molecule has 0 saturated heterocycles. The van der Waals surface area contributed by atoms with E-state index in [1.54, 1.807) is 6.92 Å². The summed E-state index contributed by atoms with van der Waals surface area (Å²) in [5, 5.41) is 0.218. The summed E-state index contributed by atoms with van der Waals surface area (Å²) in [5.74, 6) is -0.500. The number of anilines is 1. The quantitative estimate of drug-likeness (QED) is 0.843. The van der Waals surface area contributed by atoms with Crippen LogP contribution in [0.3, 0.4) is 0 Å². The van der Waals surface area contributed by atoms with Gasteiger partial charge in [-0.25, -0.2) is 9.78 Å². The lowest BCUT2D eigenvalue weighted by Crippen LogP contribution is -2.10. The number of nitrogens with zero attached hydrogens (tertiary/aromatic N) is 1. The molecule has 2 N–H and O–H groups in total. The van der Waals surface area contributed by atoms with E-state index in [2.05, 4.69) is 20.9 Å². The van der Waals surface area contributed by atoms with Crippen molar-refractivity contribution in [2.24, 2.45) is 0 Å². The minimum atomic E-state index is -0.566. The van der Waals surface area contributed by atoms with Gasteiger partial charge in [-0.3, -0.25) is 0 Å². The molecule has 0 spiro atoms. The van der Waals surface area contributed by atoms with Gasteiger partial charge >= 0.3 is 5.97 Å². The number of nitrogens with two attached hydrogens (primary N) is 1. The van der Waals surface area contributed by atoms with Crippen LogP contribution in [0.1, 0.15) is 17.3 Å². The molecule has 0 amide bonds. The Labute approximate surface area is 94.5 Å². The van der Waals surface area contributed by atoms with Crippen molar-refractivity contribution in [3.63, 3.8) is 0 Å². The Morgan fingerprint density at radius 2 is 2.43 bits per heavy atom. The highest BCUT2D eigenvalue weighted by Crippen LogP contribution is 2.29. The minimum absolute atomic E-state index is 0.0663. The van der Waals surface area contributed by atoms with E-state index in [1.807, 2.05) is 0 Å². The van der Waals surface area contributed by atoms with Crippen LogP contribution in [0.15, 0.2) is 10.7 Å². The van der Waals surface area contributed by atoms with E-state index in [0.29, 0.717) is 4.47 Å². The van der Waals surface area contributed by atoms with Crippen molar-refractivity contribution in [2.45, 2.75) is 6.92 Å². The standard InChI is InChI=1S/C8H8BrClN2O2/c1-2-14-8(13)5-6(10)4(9)3-12-7(5)11/h3H,2H2,1H3,(H2,11,12). The van der Waals surface area contributed by atoms with Crippen LogP contribution >= 0.6 is 27.5 Å². The molecule has 0 fully saturated rings. The zero-order chi connectivity index (χ0) is 10.7. The van der Waals surface area contributed by atoms with Gasteiger partial charge in [-0.15, -0.1) is 0 Å². The number of ether oxygens (including phenoxy) is 1. The van der Waals surface area contributed by atoms with E-state index in [1.165, 1.54) is 6.20 Å². The van der Waals surface area contributed by atoms with Gasteiger partial charge in [-0.05, 0) is 22.9 Å². The van der Waals surface area contributed by atoms with Gasteiger partial charge < -0.3 is 10.5 Å². The molecule has 0 radical (unpaired) electrons. The smallest absolute Gasteiger partial charge is 0.343 e. The molecule has 1 heterocycles. The van der Waals surface area contributed by atoms with Crippen LogP contribution in [-0.4, -0.2) is 17.6 Å². The SMILES string of the molecule is CCOC(=O)c1c(N)ncc(Br)c1Cl. The van der Waals surface area contributed by atoms with Gasteiger partial charge in [0.2, 0.25) is 0 Å². The number of hydrogen-bond acceptors (Lipinski definition) is 4. The fourth-order valence-electron chi connectivity index (χ4n) is 0.877. The summed E-state index contributed by atoms with van der Waals surface area (Å²) in [5.41, 5.74) is 5.60. The van der Waals surface area contributed by atoms with Gasteiger partial charge in [-0.1, -0.05) is 11.6 Å². The highest BCUT2D eigenvalue weighted by atomic mass is 79.9. The Balaban J connectivity index is 3.18. The predicted molar refractivity (Wildman–Crippen MR) is 57.3 cm³/mol. The minimum Gasteiger partial charge on any atom is -0.462 e. The molecule has 1 rings (SSSR count). The van der Waals surface area contributed by atoms with E-state index in [4.69, 9.17) is 22.1 Å². The number of rotatable bonds is 2. The van der Waals surface area contributed by atoms with Gasteiger partial charge in [0.15, 0.2) is 0 Å². The summed E-state index contributed by atoms with van der Waals surface area (Å²) in [6.45, 7) is 1.97. The van der Waals surface area contributed by atoms with Crippen molar-refractivity contribution in [3.05, 3.63) is 21.3 Å². The molecule has 14 heavy (non-hydrogen) atoms. The number of nitrogen functional groups attached to an aromatic ring is 1. The second kappa shape index (κ2) is 4.61. The third-order valence-corrected chi connectivity index (χ3v) is 2.70. The molecule has 1 aromatic heterocycles. The number of pyridine rings is 1. The summed E-state index contributed by atoms with van der Waals surface area (Å²) in [6, 6.07) is 0. The first-order valence-corrected chi connectivity index (χ1v) is 5.01. The largest absolute Gasteiger partial charge is 0.462 e. The maximum absolute atomic E-state index is 11.4. The third-order valence-electron chi connectivity index (χ3n) is 1.48. The van der Waals surface area contributed by atoms with Crippen molar-refractivity contribution in [1.29, 1.82) is 0 Å². The van der Waals surface area contributed by atoms with Crippen LogP contribution in [0.5, 0.6) is 0 Å². The van der Waals surface area contributed by atoms with Crippen molar-refractivity contribution in [2.75, 3.05) is 12.3 Å². The Kier molecular flexibility index (Phi) is 3.71. The molecule has 0 atom stereocenters. The van der Waals surface area contributed by atoms with E-state index in [-0.39, 0.29) is 23.0 Å². The fraction of sp³-hybridized carbons (Fsp3) is 0.250. The lowest BCUT2D eigenvalue weighted by atomic mass is 10.2. The van der Waals surface area contributed by atoms with E-state index < -0.39 is 5.97 Å². The van der Waals surface area contributed by atoms with Crippen LogP contribution in [0.2, 0.25) is 5.02 Å². The molecule has 6 heteroatoms. The van der Waals surface area contributed by atoms with Gasteiger partial charge in [-0.2, -0.15) is 0 Å². The van der Waals surface area contributed by atoms with Crippen LogP contribution < -0.4 is 5.73 Å². The predicted octanol–water partition coefficient (Wildman–Crippen LogP) is 2.26. The van der Waals surface area contributed by atoms with Crippen molar-refractivity contribution in [3.8, 4) is 0 Å². The normalized spacial score (nSPS) is 9.93. The first-order valence-electron chi connectivity index (χ1n) is 3.84. The highest BCUT2D eigenvalue weighted by molar-refractivity contribution is 9.10. The summed E-state index contributed by atoms with van der Waals surface area (Å²) in [7, 11) is 0. The molecule has 0 aromatic carbocycles. The summed E-state index contributed by atoms with van der Waals surface area (Å²) < 4.78 is 5.29. The maximum atomic E-state index is 11.4. The lowest BCUT2D eigenvalue weighted by molar-refractivity contribution is 0.0527. The Hall–Kier alpha value is -0.810. The molecule has 0 aliphatic heterocycles. The molecule has 0 aliphatic carbocycles. The summed E-state index contributed by atoms with van der Waals surface area (Å²) >= 11 is 9.00. The molecule has 76 valence electrons. The van der Waals surface area contributed by atoms with E-state index >= 15 is 0 Å². The maximum Gasteiger partial charge on any atom is 0.343 e. The Morgan fingerprint density at radius 3 is 3.00 bits per heavy atom.